The van der Waals surface area contributed by atoms with Gasteiger partial charge in [-0.25, -0.2) is 4.79 Å². The number of hydrazine groups is 1. The van der Waals surface area contributed by atoms with Gasteiger partial charge in [-0.15, -0.1) is 0 Å². The molecule has 1 unspecified atom stereocenters. The van der Waals surface area contributed by atoms with Crippen LogP contribution in [-0.2, 0) is 11.2 Å². The molecule has 0 aromatic heterocycles. The summed E-state index contributed by atoms with van der Waals surface area (Å²) in [6.07, 6.45) is 1.93. The van der Waals surface area contributed by atoms with Gasteiger partial charge in [0.1, 0.15) is 5.60 Å². The third kappa shape index (κ3) is 2.80. The lowest BCUT2D eigenvalue weighted by molar-refractivity contribution is 0.00686. The van der Waals surface area contributed by atoms with E-state index in [1.165, 1.54) is 11.1 Å². The SMILES string of the molecule is Cc1c(C(=O)OC(C)(C)C)ccc2c1CCC2NN. The minimum atomic E-state index is -0.468. The third-order valence-electron chi connectivity index (χ3n) is 3.51. The molecule has 4 heteroatoms. The Morgan fingerprint density at radius 2 is 2.11 bits per heavy atom. The molecule has 0 spiro atoms. The molecule has 1 atom stereocenters. The number of nitrogens with two attached hydrogens (primary N) is 1. The number of fused-ring (bicyclic) bond motifs is 1. The second-order valence-electron chi connectivity index (χ2n) is 6.07. The number of benzene rings is 1. The van der Waals surface area contributed by atoms with E-state index in [4.69, 9.17) is 10.6 Å². The standard InChI is InChI=1S/C15H22N2O2/c1-9-10-7-8-13(17-16)12(10)6-5-11(9)14(18)19-15(2,3)4/h5-6,13,17H,7-8,16H2,1-4H3. The molecule has 19 heavy (non-hydrogen) atoms. The summed E-state index contributed by atoms with van der Waals surface area (Å²) in [7, 11) is 0. The van der Waals surface area contributed by atoms with Crippen LogP contribution in [0.5, 0.6) is 0 Å². The second-order valence-corrected chi connectivity index (χ2v) is 6.07. The summed E-state index contributed by atoms with van der Waals surface area (Å²) in [6, 6.07) is 4.03. The van der Waals surface area contributed by atoms with Crippen LogP contribution in [0.25, 0.3) is 0 Å². The number of carbonyl (C=O) groups excluding carboxylic acids is 1. The minimum absolute atomic E-state index is 0.196. The Morgan fingerprint density at radius 3 is 2.68 bits per heavy atom. The number of hydrogen-bond donors (Lipinski definition) is 2. The van der Waals surface area contributed by atoms with E-state index >= 15 is 0 Å². The lowest BCUT2D eigenvalue weighted by Gasteiger charge is -2.21. The molecule has 4 nitrogen and oxygen atoms in total. The Morgan fingerprint density at radius 1 is 1.42 bits per heavy atom. The Hall–Kier alpha value is -1.39. The Kier molecular flexibility index (Phi) is 3.65. The number of nitrogens with one attached hydrogen (secondary N) is 1. The fraction of sp³-hybridized carbons (Fsp3) is 0.533. The van der Waals surface area contributed by atoms with E-state index in [2.05, 4.69) is 5.43 Å². The number of hydrogen-bond acceptors (Lipinski definition) is 4. The summed E-state index contributed by atoms with van der Waals surface area (Å²) in [4.78, 5) is 12.2. The Bertz CT molecular complexity index is 504. The molecular formula is C15H22N2O2. The molecule has 0 saturated heterocycles. The molecular weight excluding hydrogens is 240 g/mol. The molecule has 104 valence electrons. The fourth-order valence-corrected chi connectivity index (χ4v) is 2.61. The lowest BCUT2D eigenvalue weighted by atomic mass is 9.98. The van der Waals surface area contributed by atoms with Crippen molar-refractivity contribution in [1.29, 1.82) is 0 Å². The van der Waals surface area contributed by atoms with Gasteiger partial charge in [0.25, 0.3) is 0 Å². The highest BCUT2D eigenvalue weighted by molar-refractivity contribution is 5.92. The van der Waals surface area contributed by atoms with E-state index in [9.17, 15) is 4.79 Å². The van der Waals surface area contributed by atoms with Gasteiger partial charge in [0.15, 0.2) is 0 Å². The highest BCUT2D eigenvalue weighted by atomic mass is 16.6. The summed E-state index contributed by atoms with van der Waals surface area (Å²) in [6.45, 7) is 7.61. The van der Waals surface area contributed by atoms with Gasteiger partial charge in [0.2, 0.25) is 0 Å². The predicted octanol–water partition coefficient (Wildman–Crippen LogP) is 2.40. The third-order valence-corrected chi connectivity index (χ3v) is 3.51. The van der Waals surface area contributed by atoms with Crippen LogP contribution < -0.4 is 11.3 Å². The molecule has 1 aromatic carbocycles. The smallest absolute Gasteiger partial charge is 0.338 e. The first-order valence-corrected chi connectivity index (χ1v) is 6.65. The molecule has 0 fully saturated rings. The molecule has 1 aliphatic rings. The predicted molar refractivity (Wildman–Crippen MR) is 74.7 cm³/mol. The van der Waals surface area contributed by atoms with E-state index in [0.717, 1.165) is 18.4 Å². The van der Waals surface area contributed by atoms with E-state index in [0.29, 0.717) is 5.56 Å². The number of ether oxygens (including phenoxy) is 1. The van der Waals surface area contributed by atoms with Crippen LogP contribution in [0.15, 0.2) is 12.1 Å². The van der Waals surface area contributed by atoms with Crippen LogP contribution in [0.1, 0.15) is 60.3 Å². The normalized spacial score (nSPS) is 18.3. The molecule has 1 aliphatic carbocycles. The van der Waals surface area contributed by atoms with Crippen molar-refractivity contribution in [3.8, 4) is 0 Å². The van der Waals surface area contributed by atoms with Crippen LogP contribution in [0.2, 0.25) is 0 Å². The molecule has 0 bridgehead atoms. The Labute approximate surface area is 114 Å². The summed E-state index contributed by atoms with van der Waals surface area (Å²) < 4.78 is 5.44. The summed E-state index contributed by atoms with van der Waals surface area (Å²) in [5, 5.41) is 0. The molecule has 0 aliphatic heterocycles. The first-order chi connectivity index (χ1) is 8.83. The molecule has 0 saturated carbocycles. The quantitative estimate of drug-likeness (QED) is 0.488. The number of carbonyl (C=O) groups is 1. The van der Waals surface area contributed by atoms with Crippen LogP contribution >= 0.6 is 0 Å². The van der Waals surface area contributed by atoms with Gasteiger partial charge in [-0.05, 0) is 63.3 Å². The maximum Gasteiger partial charge on any atom is 0.338 e. The van der Waals surface area contributed by atoms with Crippen molar-refractivity contribution in [3.63, 3.8) is 0 Å². The maximum atomic E-state index is 12.2. The van der Waals surface area contributed by atoms with Crippen molar-refractivity contribution >= 4 is 5.97 Å². The zero-order valence-electron chi connectivity index (χ0n) is 12.0. The first-order valence-electron chi connectivity index (χ1n) is 6.65. The van der Waals surface area contributed by atoms with Crippen molar-refractivity contribution in [2.24, 2.45) is 5.84 Å². The molecule has 0 radical (unpaired) electrons. The van der Waals surface area contributed by atoms with Crippen molar-refractivity contribution < 1.29 is 9.53 Å². The highest BCUT2D eigenvalue weighted by Gasteiger charge is 2.27. The van der Waals surface area contributed by atoms with Crippen molar-refractivity contribution in [1.82, 2.24) is 5.43 Å². The topological polar surface area (TPSA) is 64.3 Å². The number of esters is 1. The monoisotopic (exact) mass is 262 g/mol. The van der Waals surface area contributed by atoms with Gasteiger partial charge >= 0.3 is 5.97 Å². The van der Waals surface area contributed by atoms with Gasteiger partial charge in [-0.2, -0.15) is 0 Å². The average Bonchev–Trinajstić information content (AvgIpc) is 2.70. The average molecular weight is 262 g/mol. The Balaban J connectivity index is 2.33. The molecule has 0 heterocycles. The van der Waals surface area contributed by atoms with Crippen molar-refractivity contribution in [3.05, 3.63) is 34.4 Å². The fourth-order valence-electron chi connectivity index (χ4n) is 2.61. The molecule has 2 rings (SSSR count). The van der Waals surface area contributed by atoms with Gasteiger partial charge in [-0.3, -0.25) is 11.3 Å². The van der Waals surface area contributed by atoms with E-state index in [1.807, 2.05) is 39.8 Å². The molecule has 1 aromatic rings. The van der Waals surface area contributed by atoms with Gasteiger partial charge in [0.05, 0.1) is 5.56 Å². The largest absolute Gasteiger partial charge is 0.456 e. The van der Waals surface area contributed by atoms with E-state index < -0.39 is 5.60 Å². The second kappa shape index (κ2) is 4.94. The van der Waals surface area contributed by atoms with E-state index in [-0.39, 0.29) is 12.0 Å². The van der Waals surface area contributed by atoms with Crippen molar-refractivity contribution in [2.75, 3.05) is 0 Å². The zero-order chi connectivity index (χ0) is 14.2. The van der Waals surface area contributed by atoms with Crippen LogP contribution in [0, 0.1) is 6.92 Å². The molecule has 0 amide bonds. The minimum Gasteiger partial charge on any atom is -0.456 e. The van der Waals surface area contributed by atoms with Gasteiger partial charge < -0.3 is 4.74 Å². The van der Waals surface area contributed by atoms with Crippen LogP contribution in [-0.4, -0.2) is 11.6 Å². The first kappa shape index (κ1) is 14.0. The maximum absolute atomic E-state index is 12.2. The van der Waals surface area contributed by atoms with Gasteiger partial charge in [-0.1, -0.05) is 6.07 Å². The lowest BCUT2D eigenvalue weighted by Crippen LogP contribution is -2.26. The number of rotatable bonds is 2. The summed E-state index contributed by atoms with van der Waals surface area (Å²) in [5.74, 6) is 5.29. The van der Waals surface area contributed by atoms with E-state index in [1.54, 1.807) is 0 Å². The van der Waals surface area contributed by atoms with Crippen LogP contribution in [0.3, 0.4) is 0 Å². The summed E-state index contributed by atoms with van der Waals surface area (Å²) >= 11 is 0. The molecule has 3 N–H and O–H groups in total. The van der Waals surface area contributed by atoms with Crippen molar-refractivity contribution in [2.45, 2.75) is 52.2 Å². The van der Waals surface area contributed by atoms with Gasteiger partial charge in [0, 0.05) is 6.04 Å². The highest BCUT2D eigenvalue weighted by Crippen LogP contribution is 2.34. The van der Waals surface area contributed by atoms with Crippen LogP contribution in [0.4, 0.5) is 0 Å². The summed E-state index contributed by atoms with van der Waals surface area (Å²) in [5.41, 5.74) is 6.46. The zero-order valence-corrected chi connectivity index (χ0v) is 12.0.